The number of nitrogens with zero attached hydrogens (tertiary/aromatic N) is 1. The molecule has 3 rings (SSSR count). The lowest BCUT2D eigenvalue weighted by atomic mass is 10.1. The number of thiocarbonyl (C=S) groups is 1. The molecular weight excluding hydrogens is 458 g/mol. The lowest BCUT2D eigenvalue weighted by Crippen LogP contribution is -2.37. The molecule has 0 aromatic heterocycles. The van der Waals surface area contributed by atoms with E-state index in [0.717, 1.165) is 15.2 Å². The van der Waals surface area contributed by atoms with Gasteiger partial charge >= 0.3 is 0 Å². The van der Waals surface area contributed by atoms with Crippen molar-refractivity contribution in [3.8, 4) is 5.75 Å². The van der Waals surface area contributed by atoms with Crippen molar-refractivity contribution in [2.24, 2.45) is 0 Å². The summed E-state index contributed by atoms with van der Waals surface area (Å²) >= 11 is 8.63. The molecule has 1 amide bonds. The standard InChI is InChI=1S/C20H16BrN3O4S/c1-12-15(7-4-8-16(12)24(26)27)22-20(29)23-18(25)11-28-17-10-9-13-5-2-3-6-14(13)19(17)21/h2-10H,11H2,1H3,(H2,22,23,25,29). The molecule has 7 nitrogen and oxygen atoms in total. The molecule has 0 bridgehead atoms. The molecule has 0 aliphatic rings. The third-order valence-corrected chi connectivity index (χ3v) is 5.21. The van der Waals surface area contributed by atoms with Crippen LogP contribution >= 0.6 is 28.1 Å². The summed E-state index contributed by atoms with van der Waals surface area (Å²) in [5.41, 5.74) is 0.835. The number of nitro groups is 1. The molecule has 3 aromatic carbocycles. The summed E-state index contributed by atoms with van der Waals surface area (Å²) in [5.74, 6) is 0.0814. The van der Waals surface area contributed by atoms with Gasteiger partial charge in [-0.25, -0.2) is 0 Å². The SMILES string of the molecule is Cc1c(NC(=S)NC(=O)COc2ccc3ccccc3c2Br)cccc1[N+](=O)[O-]. The molecule has 0 heterocycles. The molecule has 2 N–H and O–H groups in total. The van der Waals surface area contributed by atoms with Crippen LogP contribution < -0.4 is 15.4 Å². The van der Waals surface area contributed by atoms with Gasteiger partial charge in [0.05, 0.1) is 20.6 Å². The zero-order valence-electron chi connectivity index (χ0n) is 15.3. The number of hydrogen-bond acceptors (Lipinski definition) is 5. The van der Waals surface area contributed by atoms with E-state index in [-0.39, 0.29) is 17.4 Å². The number of fused-ring (bicyclic) bond motifs is 1. The molecule has 29 heavy (non-hydrogen) atoms. The third-order valence-electron chi connectivity index (χ3n) is 4.19. The van der Waals surface area contributed by atoms with Crippen molar-refractivity contribution >= 4 is 61.3 Å². The fourth-order valence-corrected chi connectivity index (χ4v) is 3.57. The minimum absolute atomic E-state index is 0.0276. The van der Waals surface area contributed by atoms with E-state index in [1.807, 2.05) is 30.3 Å². The summed E-state index contributed by atoms with van der Waals surface area (Å²) in [5, 5.41) is 18.4. The Bertz CT molecular complexity index is 1120. The second-order valence-corrected chi connectivity index (χ2v) is 7.30. The van der Waals surface area contributed by atoms with Crippen LogP contribution in [0.2, 0.25) is 0 Å². The number of carbonyl (C=O) groups excluding carboxylic acids is 1. The Kier molecular flexibility index (Phi) is 6.40. The lowest BCUT2D eigenvalue weighted by Gasteiger charge is -2.13. The van der Waals surface area contributed by atoms with Crippen molar-refractivity contribution in [1.82, 2.24) is 5.32 Å². The van der Waals surface area contributed by atoms with Crippen molar-refractivity contribution in [1.29, 1.82) is 0 Å². The molecule has 0 radical (unpaired) electrons. The average molecular weight is 474 g/mol. The first-order valence-corrected chi connectivity index (χ1v) is 9.72. The van der Waals surface area contributed by atoms with E-state index in [4.69, 9.17) is 17.0 Å². The summed E-state index contributed by atoms with van der Waals surface area (Å²) in [6.45, 7) is 1.36. The number of amides is 1. The summed E-state index contributed by atoms with van der Waals surface area (Å²) in [4.78, 5) is 22.7. The molecule has 0 fully saturated rings. The topological polar surface area (TPSA) is 93.5 Å². The maximum Gasteiger partial charge on any atom is 0.274 e. The number of anilines is 1. The van der Waals surface area contributed by atoms with Crippen LogP contribution in [0.4, 0.5) is 11.4 Å². The number of hydrogen-bond donors (Lipinski definition) is 2. The van der Waals surface area contributed by atoms with Gasteiger partial charge < -0.3 is 10.1 Å². The first-order chi connectivity index (χ1) is 13.9. The zero-order valence-corrected chi connectivity index (χ0v) is 17.7. The van der Waals surface area contributed by atoms with Crippen LogP contribution in [-0.2, 0) is 4.79 Å². The van der Waals surface area contributed by atoms with Crippen LogP contribution in [-0.4, -0.2) is 22.5 Å². The Balaban J connectivity index is 1.60. The van der Waals surface area contributed by atoms with Gasteiger partial charge in [-0.05, 0) is 58.0 Å². The first-order valence-electron chi connectivity index (χ1n) is 8.51. The molecule has 0 saturated carbocycles. The summed E-state index contributed by atoms with van der Waals surface area (Å²) in [7, 11) is 0. The predicted molar refractivity (Wildman–Crippen MR) is 119 cm³/mol. The monoisotopic (exact) mass is 473 g/mol. The predicted octanol–water partition coefficient (Wildman–Crippen LogP) is 4.71. The van der Waals surface area contributed by atoms with Crippen LogP contribution in [0, 0.1) is 17.0 Å². The molecular formula is C20H16BrN3O4S. The van der Waals surface area contributed by atoms with Crippen LogP contribution in [0.5, 0.6) is 5.75 Å². The molecule has 0 aliphatic heterocycles. The van der Waals surface area contributed by atoms with Gasteiger partial charge in [0.15, 0.2) is 11.7 Å². The second-order valence-electron chi connectivity index (χ2n) is 6.10. The first kappa shape index (κ1) is 20.7. The highest BCUT2D eigenvalue weighted by Gasteiger charge is 2.15. The largest absolute Gasteiger partial charge is 0.483 e. The van der Waals surface area contributed by atoms with Gasteiger partial charge in [-0.3, -0.25) is 20.2 Å². The smallest absolute Gasteiger partial charge is 0.274 e. The second kappa shape index (κ2) is 8.97. The van der Waals surface area contributed by atoms with E-state index in [9.17, 15) is 14.9 Å². The molecule has 3 aromatic rings. The number of halogens is 1. The number of benzene rings is 3. The number of nitrogens with one attached hydrogen (secondary N) is 2. The van der Waals surface area contributed by atoms with E-state index in [1.54, 1.807) is 19.1 Å². The number of ether oxygens (including phenoxy) is 1. The Hall–Kier alpha value is -3.04. The maximum absolute atomic E-state index is 12.2. The average Bonchev–Trinajstić information content (AvgIpc) is 2.69. The highest BCUT2D eigenvalue weighted by Crippen LogP contribution is 2.33. The molecule has 0 unspecified atom stereocenters. The van der Waals surface area contributed by atoms with E-state index < -0.39 is 10.8 Å². The van der Waals surface area contributed by atoms with Gasteiger partial charge in [0.25, 0.3) is 11.6 Å². The van der Waals surface area contributed by atoms with Gasteiger partial charge in [-0.2, -0.15) is 0 Å². The van der Waals surface area contributed by atoms with E-state index in [1.165, 1.54) is 12.1 Å². The van der Waals surface area contributed by atoms with E-state index >= 15 is 0 Å². The summed E-state index contributed by atoms with van der Waals surface area (Å²) in [6.07, 6.45) is 0. The minimum atomic E-state index is -0.475. The van der Waals surface area contributed by atoms with Gasteiger partial charge in [-0.1, -0.05) is 36.4 Å². The molecule has 148 valence electrons. The van der Waals surface area contributed by atoms with Gasteiger partial charge in [0, 0.05) is 6.07 Å². The van der Waals surface area contributed by atoms with Crippen molar-refractivity contribution in [2.75, 3.05) is 11.9 Å². The van der Waals surface area contributed by atoms with Crippen molar-refractivity contribution in [3.05, 3.63) is 74.7 Å². The van der Waals surface area contributed by atoms with Crippen LogP contribution in [0.3, 0.4) is 0 Å². The van der Waals surface area contributed by atoms with Crippen molar-refractivity contribution < 1.29 is 14.5 Å². The fourth-order valence-electron chi connectivity index (χ4n) is 2.74. The summed E-state index contributed by atoms with van der Waals surface area (Å²) < 4.78 is 6.36. The van der Waals surface area contributed by atoms with Crippen LogP contribution in [0.1, 0.15) is 5.56 Å². The molecule has 0 atom stereocenters. The van der Waals surface area contributed by atoms with Crippen LogP contribution in [0.15, 0.2) is 59.1 Å². The van der Waals surface area contributed by atoms with Crippen molar-refractivity contribution in [3.63, 3.8) is 0 Å². The highest BCUT2D eigenvalue weighted by atomic mass is 79.9. The summed E-state index contributed by atoms with van der Waals surface area (Å²) in [6, 6.07) is 16.1. The number of carbonyl (C=O) groups is 1. The molecule has 0 spiro atoms. The maximum atomic E-state index is 12.2. The van der Waals surface area contributed by atoms with Gasteiger partial charge in [0.2, 0.25) is 0 Å². The van der Waals surface area contributed by atoms with Gasteiger partial charge in [-0.15, -0.1) is 0 Å². The Labute approximate surface area is 180 Å². The zero-order chi connectivity index (χ0) is 21.0. The quantitative estimate of drug-likeness (QED) is 0.316. The minimum Gasteiger partial charge on any atom is -0.483 e. The Morgan fingerprint density at radius 1 is 1.17 bits per heavy atom. The lowest BCUT2D eigenvalue weighted by molar-refractivity contribution is -0.385. The van der Waals surface area contributed by atoms with E-state index in [0.29, 0.717) is 17.0 Å². The normalized spacial score (nSPS) is 10.4. The Morgan fingerprint density at radius 2 is 1.93 bits per heavy atom. The number of rotatable bonds is 5. The van der Waals surface area contributed by atoms with Crippen LogP contribution in [0.25, 0.3) is 10.8 Å². The Morgan fingerprint density at radius 3 is 2.69 bits per heavy atom. The fraction of sp³-hybridized carbons (Fsp3) is 0.100. The number of nitro benzene ring substituents is 1. The van der Waals surface area contributed by atoms with Gasteiger partial charge in [0.1, 0.15) is 5.75 Å². The van der Waals surface area contributed by atoms with E-state index in [2.05, 4.69) is 26.6 Å². The molecule has 0 aliphatic carbocycles. The molecule has 9 heteroatoms. The third kappa shape index (κ3) is 4.87. The molecule has 0 saturated heterocycles. The van der Waals surface area contributed by atoms with Crippen molar-refractivity contribution in [2.45, 2.75) is 6.92 Å². The highest BCUT2D eigenvalue weighted by molar-refractivity contribution is 9.10.